The quantitative estimate of drug-likeness (QED) is 0.525. The van der Waals surface area contributed by atoms with Crippen LogP contribution in [-0.4, -0.2) is 44.1 Å². The molecule has 4 heterocycles. The predicted octanol–water partition coefficient (Wildman–Crippen LogP) is 4.28. The van der Waals surface area contributed by atoms with Gasteiger partial charge in [-0.3, -0.25) is 0 Å². The van der Waals surface area contributed by atoms with Gasteiger partial charge in [0.25, 0.3) is 0 Å². The molecule has 1 unspecified atom stereocenters. The molecule has 2 fully saturated rings. The van der Waals surface area contributed by atoms with Gasteiger partial charge in [-0.2, -0.15) is 19.6 Å². The summed E-state index contributed by atoms with van der Waals surface area (Å²) in [6.07, 6.45) is 3.68. The Morgan fingerprint density at radius 1 is 1.14 bits per heavy atom. The molecule has 0 spiro atoms. The Morgan fingerprint density at radius 3 is 2.81 bits per heavy atom. The zero-order valence-electron chi connectivity index (χ0n) is 20.2. The zero-order chi connectivity index (χ0) is 25.0. The Morgan fingerprint density at radius 2 is 2.00 bits per heavy atom. The number of ether oxygens (including phenoxy) is 1. The first-order valence-corrected chi connectivity index (χ1v) is 12.4. The Labute approximate surface area is 206 Å². The minimum atomic E-state index is -1.54. The van der Waals surface area contributed by atoms with E-state index in [1.54, 1.807) is 4.68 Å². The zero-order valence-corrected chi connectivity index (χ0v) is 20.2. The summed E-state index contributed by atoms with van der Waals surface area (Å²) >= 11 is 0. The van der Waals surface area contributed by atoms with Gasteiger partial charge in [0.15, 0.2) is 29.3 Å². The number of nitrogens with one attached hydrogen (secondary N) is 1. The third kappa shape index (κ3) is 4.04. The lowest BCUT2D eigenvalue weighted by Crippen LogP contribution is -2.49. The van der Waals surface area contributed by atoms with E-state index in [1.165, 1.54) is 0 Å². The first kappa shape index (κ1) is 23.1. The van der Waals surface area contributed by atoms with E-state index >= 15 is 0 Å². The highest BCUT2D eigenvalue weighted by Crippen LogP contribution is 2.43. The predicted molar refractivity (Wildman–Crippen MR) is 126 cm³/mol. The maximum Gasteiger partial charge on any atom is 0.242 e. The van der Waals surface area contributed by atoms with Gasteiger partial charge in [0.05, 0.1) is 17.6 Å². The molecule has 0 amide bonds. The van der Waals surface area contributed by atoms with Crippen LogP contribution in [0.15, 0.2) is 24.4 Å². The molecule has 1 N–H and O–H groups in total. The van der Waals surface area contributed by atoms with Gasteiger partial charge < -0.3 is 15.0 Å². The highest BCUT2D eigenvalue weighted by Gasteiger charge is 2.47. The van der Waals surface area contributed by atoms with Gasteiger partial charge in [-0.15, -0.1) is 5.10 Å². The molecule has 3 aliphatic rings. The number of aryl methyl sites for hydroxylation is 2. The number of anilines is 2. The number of piperidine rings is 1. The third-order valence-electron chi connectivity index (χ3n) is 7.78. The van der Waals surface area contributed by atoms with Gasteiger partial charge >= 0.3 is 0 Å². The highest BCUT2D eigenvalue weighted by atomic mass is 19.2. The Hall–Kier alpha value is -3.37. The number of benzene rings is 1. The Bertz CT molecular complexity index is 1280. The molecule has 2 aliphatic heterocycles. The first-order valence-electron chi connectivity index (χ1n) is 12.4. The lowest BCUT2D eigenvalue weighted by molar-refractivity contribution is 0.147. The first-order chi connectivity index (χ1) is 17.4. The van der Waals surface area contributed by atoms with Crippen LogP contribution in [0.25, 0.3) is 0 Å². The van der Waals surface area contributed by atoms with E-state index in [0.29, 0.717) is 42.5 Å². The molecule has 190 valence electrons. The van der Waals surface area contributed by atoms with Crippen molar-refractivity contribution in [2.75, 3.05) is 23.3 Å². The maximum atomic E-state index is 14.2. The van der Waals surface area contributed by atoms with Gasteiger partial charge in [0.2, 0.25) is 11.8 Å². The summed E-state index contributed by atoms with van der Waals surface area (Å²) in [5.74, 6) is -1.97. The van der Waals surface area contributed by atoms with Crippen molar-refractivity contribution in [1.29, 1.82) is 0 Å². The largest absolute Gasteiger partial charge is 0.479 e. The molecule has 0 radical (unpaired) electrons. The fourth-order valence-corrected chi connectivity index (χ4v) is 6.05. The van der Waals surface area contributed by atoms with Crippen LogP contribution >= 0.6 is 0 Å². The smallest absolute Gasteiger partial charge is 0.242 e. The van der Waals surface area contributed by atoms with Crippen LogP contribution < -0.4 is 15.0 Å². The normalized spacial score (nSPS) is 27.1. The van der Waals surface area contributed by atoms with Gasteiger partial charge in [0.1, 0.15) is 0 Å². The number of hydrogen-bond acceptors (Lipinski definition) is 7. The van der Waals surface area contributed by atoms with Crippen LogP contribution in [0.5, 0.6) is 5.75 Å². The molecule has 1 aliphatic carbocycles. The molecular weight excluding hydrogens is 471 g/mol. The molecular formula is C25H28F3N7O. The second-order valence-electron chi connectivity index (χ2n) is 10.2. The average Bonchev–Trinajstić information content (AvgIpc) is 3.34. The van der Waals surface area contributed by atoms with Crippen LogP contribution in [0, 0.1) is 42.1 Å². The molecule has 2 aromatic heterocycles. The molecule has 8 nitrogen and oxygen atoms in total. The summed E-state index contributed by atoms with van der Waals surface area (Å²) in [6.45, 7) is 6.74. The van der Waals surface area contributed by atoms with Crippen molar-refractivity contribution in [3.05, 3.63) is 53.4 Å². The molecule has 2 bridgehead atoms. The lowest BCUT2D eigenvalue weighted by Gasteiger charge is -2.39. The number of halogens is 3. The third-order valence-corrected chi connectivity index (χ3v) is 7.78. The molecule has 1 saturated carbocycles. The van der Waals surface area contributed by atoms with Crippen LogP contribution in [0.3, 0.4) is 0 Å². The van der Waals surface area contributed by atoms with Crippen molar-refractivity contribution in [1.82, 2.24) is 25.0 Å². The minimum absolute atomic E-state index is 0.236. The van der Waals surface area contributed by atoms with E-state index in [1.807, 2.05) is 13.1 Å². The van der Waals surface area contributed by atoms with E-state index in [-0.39, 0.29) is 11.8 Å². The molecule has 11 heteroatoms. The molecule has 5 atom stereocenters. The summed E-state index contributed by atoms with van der Waals surface area (Å²) in [6, 6.07) is 4.28. The van der Waals surface area contributed by atoms with Crippen molar-refractivity contribution in [3.8, 4) is 5.75 Å². The lowest BCUT2D eigenvalue weighted by atomic mass is 9.89. The molecule has 6 rings (SSSR count). The van der Waals surface area contributed by atoms with Gasteiger partial charge in [-0.1, -0.05) is 6.92 Å². The average molecular weight is 500 g/mol. The van der Waals surface area contributed by atoms with E-state index < -0.39 is 23.6 Å². The van der Waals surface area contributed by atoms with Crippen LogP contribution in [-0.2, 0) is 6.54 Å². The second kappa shape index (κ2) is 8.94. The fourth-order valence-electron chi connectivity index (χ4n) is 6.05. The van der Waals surface area contributed by atoms with Gasteiger partial charge in [-0.05, 0) is 62.1 Å². The van der Waals surface area contributed by atoms with E-state index in [0.717, 1.165) is 49.4 Å². The number of aromatic nitrogens is 5. The van der Waals surface area contributed by atoms with Gasteiger partial charge in [0, 0.05) is 25.7 Å². The highest BCUT2D eigenvalue weighted by molar-refractivity contribution is 5.46. The van der Waals surface area contributed by atoms with Crippen molar-refractivity contribution in [3.63, 3.8) is 0 Å². The van der Waals surface area contributed by atoms with Crippen molar-refractivity contribution in [2.24, 2.45) is 17.8 Å². The SMILES string of the molecule is Cc1cc(N2C[C@@H]3CC(C)[C@H](C2)[C@H]3Nc2nc3n(n2)CCC[C@H]3Oc2ccc(F)c(F)c2F)cnn1. The number of nitrogens with zero attached hydrogens (tertiary/aromatic N) is 6. The van der Waals surface area contributed by atoms with Crippen molar-refractivity contribution in [2.45, 2.75) is 51.8 Å². The van der Waals surface area contributed by atoms with E-state index in [9.17, 15) is 13.2 Å². The second-order valence-corrected chi connectivity index (χ2v) is 10.2. The topological polar surface area (TPSA) is 81.0 Å². The van der Waals surface area contributed by atoms with E-state index in [2.05, 4.69) is 38.5 Å². The summed E-state index contributed by atoms with van der Waals surface area (Å²) in [4.78, 5) is 7.09. The summed E-state index contributed by atoms with van der Waals surface area (Å²) in [5.41, 5.74) is 2.01. The summed E-state index contributed by atoms with van der Waals surface area (Å²) in [5, 5.41) is 16.4. The Balaban J connectivity index is 1.19. The minimum Gasteiger partial charge on any atom is -0.479 e. The van der Waals surface area contributed by atoms with Crippen LogP contribution in [0.4, 0.5) is 24.8 Å². The summed E-state index contributed by atoms with van der Waals surface area (Å²) in [7, 11) is 0. The molecule has 3 aromatic rings. The molecule has 1 aromatic carbocycles. The van der Waals surface area contributed by atoms with Crippen molar-refractivity contribution >= 4 is 11.6 Å². The van der Waals surface area contributed by atoms with Crippen LogP contribution in [0.2, 0.25) is 0 Å². The van der Waals surface area contributed by atoms with Crippen molar-refractivity contribution < 1.29 is 17.9 Å². The maximum absolute atomic E-state index is 14.2. The summed E-state index contributed by atoms with van der Waals surface area (Å²) < 4.78 is 48.7. The van der Waals surface area contributed by atoms with Gasteiger partial charge in [-0.25, -0.2) is 13.5 Å². The number of rotatable bonds is 5. The van der Waals surface area contributed by atoms with E-state index in [4.69, 9.17) is 9.72 Å². The molecule has 1 saturated heterocycles. The number of fused-ring (bicyclic) bond motifs is 3. The Kier molecular flexibility index (Phi) is 5.72. The van der Waals surface area contributed by atoms with Crippen LogP contribution in [0.1, 0.15) is 43.8 Å². The number of hydrogen-bond donors (Lipinski definition) is 1. The monoisotopic (exact) mass is 499 g/mol. The molecule has 36 heavy (non-hydrogen) atoms. The fraction of sp³-hybridized carbons (Fsp3) is 0.520. The standard InChI is InChI=1S/C25H28F3N7O/c1-13-8-15-11-34(16-9-14(2)32-29-10-16)12-17(13)23(15)30-25-31-24-20(4-3-7-35(24)33-25)36-19-6-5-18(26)21(27)22(19)28/h5-6,9-10,13,15,17,20,23H,3-4,7-8,11-12H2,1-2H3,(H,30,33)/t13?,15-,17-,20+,23-/m0/s1.